The molecule has 0 fully saturated rings. The minimum absolute atomic E-state index is 0.291. The Morgan fingerprint density at radius 1 is 1.03 bits per heavy atom. The molecule has 5 rings (SSSR count). The van der Waals surface area contributed by atoms with Crippen molar-refractivity contribution in [1.29, 1.82) is 0 Å². The summed E-state index contributed by atoms with van der Waals surface area (Å²) in [6, 6.07) is 15.3. The number of benzene rings is 2. The summed E-state index contributed by atoms with van der Waals surface area (Å²) in [4.78, 5) is 23.9. The van der Waals surface area contributed by atoms with Gasteiger partial charge in [-0.2, -0.15) is 0 Å². The second-order valence-electron chi connectivity index (χ2n) is 7.00. The van der Waals surface area contributed by atoms with Gasteiger partial charge in [0.25, 0.3) is 5.91 Å². The number of carbonyl (C=O) groups is 1. The quantitative estimate of drug-likeness (QED) is 0.740. The fourth-order valence-corrected chi connectivity index (χ4v) is 3.70. The van der Waals surface area contributed by atoms with E-state index in [1.807, 2.05) is 12.1 Å². The normalized spacial score (nSPS) is 14.4. The Hall–Kier alpha value is -3.61. The molecule has 2 aliphatic heterocycles. The van der Waals surface area contributed by atoms with Crippen LogP contribution >= 0.6 is 0 Å². The van der Waals surface area contributed by atoms with E-state index in [-0.39, 0.29) is 5.91 Å². The number of rotatable bonds is 3. The van der Waals surface area contributed by atoms with E-state index < -0.39 is 0 Å². The highest BCUT2D eigenvalue weighted by Gasteiger charge is 2.23. The maximum absolute atomic E-state index is 12.9. The zero-order chi connectivity index (χ0) is 19.8. The molecule has 1 aromatic heterocycles. The van der Waals surface area contributed by atoms with Gasteiger partial charge in [-0.3, -0.25) is 4.79 Å². The number of aryl methyl sites for hydroxylation is 1. The van der Waals surface area contributed by atoms with Gasteiger partial charge in [0.15, 0.2) is 11.5 Å². The van der Waals surface area contributed by atoms with E-state index in [1.54, 1.807) is 31.2 Å². The lowest BCUT2D eigenvalue weighted by Crippen LogP contribution is -2.20. The van der Waals surface area contributed by atoms with Gasteiger partial charge >= 0.3 is 0 Å². The summed E-state index contributed by atoms with van der Waals surface area (Å²) in [5, 5.41) is 2.89. The average molecular weight is 388 g/mol. The van der Waals surface area contributed by atoms with Crippen molar-refractivity contribution in [3.05, 3.63) is 65.6 Å². The van der Waals surface area contributed by atoms with Gasteiger partial charge < -0.3 is 19.7 Å². The molecule has 0 saturated carbocycles. The number of amides is 1. The molecule has 3 heterocycles. The zero-order valence-corrected chi connectivity index (χ0v) is 16.0. The van der Waals surface area contributed by atoms with Crippen molar-refractivity contribution in [2.75, 3.05) is 30.0 Å². The lowest BCUT2D eigenvalue weighted by molar-refractivity contribution is 0.102. The first kappa shape index (κ1) is 17.5. The third kappa shape index (κ3) is 3.35. The molecule has 0 unspecified atom stereocenters. The molecule has 0 radical (unpaired) electrons. The SMILES string of the molecule is Cc1nc(C(=O)Nc2ccc3c(c2)OCCO3)cc(N2CCc3ccccc32)n1. The fraction of sp³-hybridized carbons (Fsp3) is 0.227. The number of nitrogens with one attached hydrogen (secondary N) is 1. The predicted molar refractivity (Wildman–Crippen MR) is 109 cm³/mol. The third-order valence-corrected chi connectivity index (χ3v) is 5.02. The number of hydrogen-bond donors (Lipinski definition) is 1. The Bertz CT molecular complexity index is 1100. The number of para-hydroxylation sites is 1. The van der Waals surface area contributed by atoms with Crippen molar-refractivity contribution in [1.82, 2.24) is 9.97 Å². The topological polar surface area (TPSA) is 76.6 Å². The van der Waals surface area contributed by atoms with E-state index in [1.165, 1.54) is 5.56 Å². The predicted octanol–water partition coefficient (Wildman–Crippen LogP) is 3.50. The molecule has 146 valence electrons. The Kier molecular flexibility index (Phi) is 4.27. The second kappa shape index (κ2) is 7.09. The number of fused-ring (bicyclic) bond motifs is 2. The minimum atomic E-state index is -0.291. The van der Waals surface area contributed by atoms with Crippen LogP contribution in [0.2, 0.25) is 0 Å². The van der Waals surface area contributed by atoms with Crippen LogP contribution in [0.4, 0.5) is 17.2 Å². The van der Waals surface area contributed by atoms with E-state index in [9.17, 15) is 4.79 Å². The molecular weight excluding hydrogens is 368 g/mol. The molecule has 2 aromatic carbocycles. The van der Waals surface area contributed by atoms with Crippen LogP contribution in [0.15, 0.2) is 48.5 Å². The van der Waals surface area contributed by atoms with E-state index in [2.05, 4.69) is 32.3 Å². The molecule has 7 heteroatoms. The first-order chi connectivity index (χ1) is 14.2. The molecule has 0 atom stereocenters. The third-order valence-electron chi connectivity index (χ3n) is 5.02. The van der Waals surface area contributed by atoms with E-state index in [4.69, 9.17) is 9.47 Å². The van der Waals surface area contributed by atoms with E-state index >= 15 is 0 Å². The number of nitrogens with zero attached hydrogens (tertiary/aromatic N) is 3. The van der Waals surface area contributed by atoms with Crippen molar-refractivity contribution >= 4 is 23.1 Å². The highest BCUT2D eigenvalue weighted by Crippen LogP contribution is 2.34. The fourth-order valence-electron chi connectivity index (χ4n) is 3.70. The number of hydrogen-bond acceptors (Lipinski definition) is 6. The molecule has 1 amide bonds. The molecule has 29 heavy (non-hydrogen) atoms. The Balaban J connectivity index is 1.41. The number of aromatic nitrogens is 2. The van der Waals surface area contributed by atoms with Crippen LogP contribution in [-0.2, 0) is 6.42 Å². The monoisotopic (exact) mass is 388 g/mol. The molecule has 0 spiro atoms. The standard InChI is InChI=1S/C22H20N4O3/c1-14-23-17(13-21(24-14)26-9-8-15-4-2-3-5-18(15)26)22(27)25-16-6-7-19-20(12-16)29-11-10-28-19/h2-7,12-13H,8-11H2,1H3,(H,25,27). The van der Waals surface area contributed by atoms with Gasteiger partial charge in [0, 0.05) is 30.1 Å². The summed E-state index contributed by atoms with van der Waals surface area (Å²) in [6.07, 6.45) is 0.956. The molecule has 3 aromatic rings. The molecule has 2 aliphatic rings. The van der Waals surface area contributed by atoms with Crippen molar-refractivity contribution in [2.45, 2.75) is 13.3 Å². The van der Waals surface area contributed by atoms with Crippen LogP contribution in [0.1, 0.15) is 21.9 Å². The summed E-state index contributed by atoms with van der Waals surface area (Å²) >= 11 is 0. The highest BCUT2D eigenvalue weighted by atomic mass is 16.6. The first-order valence-corrected chi connectivity index (χ1v) is 9.59. The maximum atomic E-state index is 12.9. The summed E-state index contributed by atoms with van der Waals surface area (Å²) < 4.78 is 11.1. The van der Waals surface area contributed by atoms with Crippen LogP contribution in [0.25, 0.3) is 0 Å². The van der Waals surface area contributed by atoms with Gasteiger partial charge in [0.1, 0.15) is 30.5 Å². The van der Waals surface area contributed by atoms with Crippen molar-refractivity contribution < 1.29 is 14.3 Å². The molecular formula is C22H20N4O3. The highest BCUT2D eigenvalue weighted by molar-refractivity contribution is 6.03. The Morgan fingerprint density at radius 2 is 1.86 bits per heavy atom. The van der Waals surface area contributed by atoms with Gasteiger partial charge in [0.2, 0.25) is 0 Å². The zero-order valence-electron chi connectivity index (χ0n) is 16.0. The largest absolute Gasteiger partial charge is 0.486 e. The van der Waals surface area contributed by atoms with Crippen LogP contribution in [0.3, 0.4) is 0 Å². The van der Waals surface area contributed by atoms with Gasteiger partial charge in [0.05, 0.1) is 0 Å². The lowest BCUT2D eigenvalue weighted by atomic mass is 10.2. The second-order valence-corrected chi connectivity index (χ2v) is 7.00. The minimum Gasteiger partial charge on any atom is -0.486 e. The lowest BCUT2D eigenvalue weighted by Gasteiger charge is -2.20. The maximum Gasteiger partial charge on any atom is 0.274 e. The molecule has 0 aliphatic carbocycles. The van der Waals surface area contributed by atoms with Crippen LogP contribution in [0.5, 0.6) is 11.5 Å². The first-order valence-electron chi connectivity index (χ1n) is 9.59. The summed E-state index contributed by atoms with van der Waals surface area (Å²) in [5.41, 5.74) is 3.37. The smallest absolute Gasteiger partial charge is 0.274 e. The summed E-state index contributed by atoms with van der Waals surface area (Å²) in [7, 11) is 0. The van der Waals surface area contributed by atoms with Gasteiger partial charge in [-0.05, 0) is 37.1 Å². The van der Waals surface area contributed by atoms with Crippen molar-refractivity contribution in [3.8, 4) is 11.5 Å². The molecule has 0 bridgehead atoms. The number of anilines is 3. The van der Waals surface area contributed by atoms with Crippen molar-refractivity contribution in [2.24, 2.45) is 0 Å². The van der Waals surface area contributed by atoms with Crippen LogP contribution < -0.4 is 19.7 Å². The molecule has 0 saturated heterocycles. The van der Waals surface area contributed by atoms with E-state index in [0.29, 0.717) is 41.9 Å². The molecule has 7 nitrogen and oxygen atoms in total. The van der Waals surface area contributed by atoms with Crippen LogP contribution in [-0.4, -0.2) is 35.6 Å². The Labute approximate surface area is 168 Å². The van der Waals surface area contributed by atoms with Gasteiger partial charge in [-0.1, -0.05) is 18.2 Å². The number of ether oxygens (including phenoxy) is 2. The van der Waals surface area contributed by atoms with Crippen molar-refractivity contribution in [3.63, 3.8) is 0 Å². The summed E-state index contributed by atoms with van der Waals surface area (Å²) in [5.74, 6) is 2.30. The Morgan fingerprint density at radius 3 is 2.76 bits per heavy atom. The molecule has 1 N–H and O–H groups in total. The van der Waals surface area contributed by atoms with Crippen LogP contribution in [0, 0.1) is 6.92 Å². The van der Waals surface area contributed by atoms with Gasteiger partial charge in [-0.25, -0.2) is 9.97 Å². The van der Waals surface area contributed by atoms with E-state index in [0.717, 1.165) is 24.5 Å². The van der Waals surface area contributed by atoms with Gasteiger partial charge in [-0.15, -0.1) is 0 Å². The number of carbonyl (C=O) groups excluding carboxylic acids is 1. The summed E-state index contributed by atoms with van der Waals surface area (Å²) in [6.45, 7) is 3.66. The average Bonchev–Trinajstić information content (AvgIpc) is 3.17.